The summed E-state index contributed by atoms with van der Waals surface area (Å²) < 4.78 is 0. The van der Waals surface area contributed by atoms with Crippen molar-refractivity contribution in [3.63, 3.8) is 0 Å². The van der Waals surface area contributed by atoms with Crippen LogP contribution in [0, 0.1) is 5.41 Å². The molecule has 80 valence electrons. The minimum Gasteiger partial charge on any atom is -0.297 e. The highest BCUT2D eigenvalue weighted by atomic mass is 15.3. The molecule has 2 rings (SSSR count). The van der Waals surface area contributed by atoms with Crippen molar-refractivity contribution in [1.29, 1.82) is 0 Å². The summed E-state index contributed by atoms with van der Waals surface area (Å²) in [4.78, 5) is 2.61. The van der Waals surface area contributed by atoms with E-state index in [2.05, 4.69) is 38.7 Å². The molecule has 1 saturated heterocycles. The molecule has 2 aliphatic rings. The second-order valence-corrected chi connectivity index (χ2v) is 6.28. The monoisotopic (exact) mass is 193 g/mol. The first-order valence-corrected chi connectivity index (χ1v) is 5.82. The minimum absolute atomic E-state index is 0.376. The quantitative estimate of drug-likeness (QED) is 0.534. The average Bonchev–Trinajstić information content (AvgIpc) is 2.00. The summed E-state index contributed by atoms with van der Waals surface area (Å²) in [5.74, 6) is 0. The lowest BCUT2D eigenvalue weighted by Gasteiger charge is -2.57. The van der Waals surface area contributed by atoms with Gasteiger partial charge in [-0.05, 0) is 52.4 Å². The van der Waals surface area contributed by atoms with Crippen LogP contribution in [0.1, 0.15) is 47.0 Å². The lowest BCUT2D eigenvalue weighted by atomic mass is 9.68. The summed E-state index contributed by atoms with van der Waals surface area (Å²) in [5.41, 5.74) is 2.64. The Morgan fingerprint density at radius 1 is 1.29 bits per heavy atom. The summed E-state index contributed by atoms with van der Waals surface area (Å²) in [5, 5.41) is 0. The van der Waals surface area contributed by atoms with Crippen LogP contribution in [0.5, 0.6) is 0 Å². The van der Waals surface area contributed by atoms with Crippen LogP contribution in [0.15, 0.2) is 11.6 Å². The van der Waals surface area contributed by atoms with E-state index in [9.17, 15) is 0 Å². The molecule has 0 atom stereocenters. The van der Waals surface area contributed by atoms with E-state index in [4.69, 9.17) is 0 Å². The van der Waals surface area contributed by atoms with Gasteiger partial charge in [0.2, 0.25) is 0 Å². The van der Waals surface area contributed by atoms with Crippen LogP contribution in [0.2, 0.25) is 0 Å². The molecule has 0 aromatic heterocycles. The third-order valence-electron chi connectivity index (χ3n) is 3.93. The van der Waals surface area contributed by atoms with Crippen LogP contribution in [0.4, 0.5) is 0 Å². The van der Waals surface area contributed by atoms with Gasteiger partial charge in [-0.25, -0.2) is 0 Å². The lowest BCUT2D eigenvalue weighted by Crippen LogP contribution is -2.62. The second kappa shape index (κ2) is 3.10. The zero-order chi connectivity index (χ0) is 10.4. The van der Waals surface area contributed by atoms with Crippen molar-refractivity contribution in [3.05, 3.63) is 11.6 Å². The van der Waals surface area contributed by atoms with Crippen LogP contribution in [-0.2, 0) is 0 Å². The standard InChI is InChI=1S/C13H23N/c1-11-5-7-13(8-6-11)9-14(10-13)12(2,3)4/h5H,6-10H2,1-4H3. The largest absolute Gasteiger partial charge is 0.297 e. The van der Waals surface area contributed by atoms with Crippen molar-refractivity contribution in [2.45, 2.75) is 52.5 Å². The maximum absolute atomic E-state index is 2.61. The highest BCUT2D eigenvalue weighted by Gasteiger charge is 2.46. The molecule has 1 aliphatic carbocycles. The molecule has 1 spiro atoms. The fourth-order valence-electron chi connectivity index (χ4n) is 2.58. The van der Waals surface area contributed by atoms with E-state index < -0.39 is 0 Å². The van der Waals surface area contributed by atoms with Gasteiger partial charge in [0.1, 0.15) is 0 Å². The van der Waals surface area contributed by atoms with Gasteiger partial charge >= 0.3 is 0 Å². The number of hydrogen-bond donors (Lipinski definition) is 0. The Labute approximate surface area is 88.2 Å². The fraction of sp³-hybridized carbons (Fsp3) is 0.846. The van der Waals surface area contributed by atoms with Crippen molar-refractivity contribution < 1.29 is 0 Å². The third-order valence-corrected chi connectivity index (χ3v) is 3.93. The molecule has 14 heavy (non-hydrogen) atoms. The first-order chi connectivity index (χ1) is 6.41. The average molecular weight is 193 g/mol. The fourth-order valence-corrected chi connectivity index (χ4v) is 2.58. The van der Waals surface area contributed by atoms with Crippen molar-refractivity contribution in [3.8, 4) is 0 Å². The predicted octanol–water partition coefficient (Wildman–Crippen LogP) is 3.22. The summed E-state index contributed by atoms with van der Waals surface area (Å²) >= 11 is 0. The minimum atomic E-state index is 0.376. The Bertz CT molecular complexity index is 251. The lowest BCUT2D eigenvalue weighted by molar-refractivity contribution is -0.0642. The number of likely N-dealkylation sites (tertiary alicyclic amines) is 1. The van der Waals surface area contributed by atoms with Crippen molar-refractivity contribution >= 4 is 0 Å². The molecule has 0 aromatic rings. The topological polar surface area (TPSA) is 3.24 Å². The highest BCUT2D eigenvalue weighted by Crippen LogP contribution is 2.45. The van der Waals surface area contributed by atoms with Gasteiger partial charge in [-0.2, -0.15) is 0 Å². The summed E-state index contributed by atoms with van der Waals surface area (Å²) in [6, 6.07) is 0. The Morgan fingerprint density at radius 2 is 1.93 bits per heavy atom. The van der Waals surface area contributed by atoms with Crippen molar-refractivity contribution in [2.24, 2.45) is 5.41 Å². The van der Waals surface area contributed by atoms with Crippen LogP contribution in [0.25, 0.3) is 0 Å². The Balaban J connectivity index is 1.94. The summed E-state index contributed by atoms with van der Waals surface area (Å²) in [7, 11) is 0. The van der Waals surface area contributed by atoms with Gasteiger partial charge in [-0.3, -0.25) is 4.90 Å². The molecule has 1 heterocycles. The van der Waals surface area contributed by atoms with E-state index in [1.165, 1.54) is 32.4 Å². The van der Waals surface area contributed by atoms with Gasteiger partial charge in [0.05, 0.1) is 0 Å². The molecule has 0 saturated carbocycles. The zero-order valence-electron chi connectivity index (χ0n) is 10.1. The maximum Gasteiger partial charge on any atom is 0.0125 e. The molecule has 1 heteroatoms. The van der Waals surface area contributed by atoms with E-state index in [0.29, 0.717) is 11.0 Å². The Hall–Kier alpha value is -0.300. The Morgan fingerprint density at radius 3 is 2.36 bits per heavy atom. The normalized spacial score (nSPS) is 27.3. The van der Waals surface area contributed by atoms with Gasteiger partial charge in [0.15, 0.2) is 0 Å². The van der Waals surface area contributed by atoms with E-state index in [1.807, 2.05) is 0 Å². The molecule has 0 amide bonds. The van der Waals surface area contributed by atoms with Crippen LogP contribution >= 0.6 is 0 Å². The summed E-state index contributed by atoms with van der Waals surface area (Å²) in [6.45, 7) is 11.9. The predicted molar refractivity (Wildman–Crippen MR) is 61.4 cm³/mol. The van der Waals surface area contributed by atoms with Crippen molar-refractivity contribution in [2.75, 3.05) is 13.1 Å². The molecule has 1 fully saturated rings. The molecular formula is C13H23N. The van der Waals surface area contributed by atoms with Gasteiger partial charge in [-0.15, -0.1) is 0 Å². The van der Waals surface area contributed by atoms with Crippen LogP contribution in [-0.4, -0.2) is 23.5 Å². The number of rotatable bonds is 0. The first-order valence-electron chi connectivity index (χ1n) is 5.82. The van der Waals surface area contributed by atoms with Gasteiger partial charge in [0.25, 0.3) is 0 Å². The molecule has 0 radical (unpaired) electrons. The SMILES string of the molecule is CC1=CCC2(CC1)CN(C(C)(C)C)C2. The van der Waals surface area contributed by atoms with E-state index >= 15 is 0 Å². The van der Waals surface area contributed by atoms with Gasteiger partial charge < -0.3 is 0 Å². The second-order valence-electron chi connectivity index (χ2n) is 6.28. The van der Waals surface area contributed by atoms with E-state index in [1.54, 1.807) is 5.57 Å². The smallest absolute Gasteiger partial charge is 0.0125 e. The molecule has 0 aromatic carbocycles. The number of nitrogens with zero attached hydrogens (tertiary/aromatic N) is 1. The highest BCUT2D eigenvalue weighted by molar-refractivity contribution is 5.12. The van der Waals surface area contributed by atoms with Gasteiger partial charge in [0, 0.05) is 18.6 Å². The molecule has 0 N–H and O–H groups in total. The van der Waals surface area contributed by atoms with E-state index in [0.717, 1.165) is 0 Å². The van der Waals surface area contributed by atoms with Crippen LogP contribution < -0.4 is 0 Å². The van der Waals surface area contributed by atoms with Crippen molar-refractivity contribution in [1.82, 2.24) is 4.90 Å². The molecule has 1 nitrogen and oxygen atoms in total. The van der Waals surface area contributed by atoms with E-state index in [-0.39, 0.29) is 0 Å². The molecule has 1 aliphatic heterocycles. The summed E-state index contributed by atoms with van der Waals surface area (Å²) in [6.07, 6.45) is 6.54. The number of allylic oxidation sites excluding steroid dienone is 2. The zero-order valence-corrected chi connectivity index (χ0v) is 10.1. The molecular weight excluding hydrogens is 170 g/mol. The van der Waals surface area contributed by atoms with Crippen LogP contribution in [0.3, 0.4) is 0 Å². The molecule has 0 bridgehead atoms. The molecule has 0 unspecified atom stereocenters. The third kappa shape index (κ3) is 1.75. The van der Waals surface area contributed by atoms with Gasteiger partial charge in [-0.1, -0.05) is 11.6 Å². The first kappa shape index (κ1) is 10.2. The number of hydrogen-bond acceptors (Lipinski definition) is 1. The Kier molecular flexibility index (Phi) is 2.26. The maximum atomic E-state index is 2.61.